The number of urea groups is 1. The smallest absolute Gasteiger partial charge is 0.430 e. The van der Waals surface area contributed by atoms with Gasteiger partial charge in [-0.25, -0.2) is 13.6 Å². The Labute approximate surface area is 236 Å². The molecule has 3 N–H and O–H groups in total. The van der Waals surface area contributed by atoms with Gasteiger partial charge in [-0.05, 0) is 59.3 Å². The second kappa shape index (κ2) is 12.5. The number of ether oxygens (including phenoxy) is 1. The molecule has 14 heteroatoms. The molecule has 41 heavy (non-hydrogen) atoms. The number of hydrogen-bond donors (Lipinski definition) is 3. The van der Waals surface area contributed by atoms with E-state index in [0.717, 1.165) is 18.2 Å². The van der Waals surface area contributed by atoms with Gasteiger partial charge in [0.05, 0.1) is 12.1 Å². The quantitative estimate of drug-likeness (QED) is 0.205. The van der Waals surface area contributed by atoms with Crippen molar-refractivity contribution in [3.05, 3.63) is 95.3 Å². The first kappa shape index (κ1) is 32.6. The standard InChI is InChI=1S/C27H27F7N2O3P2/c1-24(38,27(32,33)34)15-35-23(37)36-25(14-16-5-3-2-4-6-16,17-7-9-19(28)10-8-17)18-11-20(13-21(40)12-18)39-26(30,31)22(29)41/h2-13,22,38H,14-15,40-41H2,1H3,(H2,35,36,37)/t22?,24?,25-/m1/s1. The Hall–Kier alpha value is -2.94. The molecule has 4 unspecified atom stereocenters. The minimum Gasteiger partial charge on any atom is -0.430 e. The summed E-state index contributed by atoms with van der Waals surface area (Å²) in [4.78, 5) is 13.1. The number of alkyl halides is 6. The molecular formula is C27H27F7N2O3P2. The van der Waals surface area contributed by atoms with Crippen molar-refractivity contribution in [2.24, 2.45) is 0 Å². The summed E-state index contributed by atoms with van der Waals surface area (Å²) < 4.78 is 100.0. The van der Waals surface area contributed by atoms with Crippen molar-refractivity contribution in [3.63, 3.8) is 0 Å². The molecule has 0 bridgehead atoms. The van der Waals surface area contributed by atoms with Crippen LogP contribution in [0.4, 0.5) is 35.5 Å². The highest BCUT2D eigenvalue weighted by Gasteiger charge is 2.50. The van der Waals surface area contributed by atoms with Gasteiger partial charge < -0.3 is 20.5 Å². The Morgan fingerprint density at radius 2 is 1.59 bits per heavy atom. The monoisotopic (exact) mass is 622 g/mol. The minimum absolute atomic E-state index is 0.0954. The van der Waals surface area contributed by atoms with Crippen molar-refractivity contribution in [1.82, 2.24) is 10.6 Å². The summed E-state index contributed by atoms with van der Waals surface area (Å²) in [5, 5.41) is 14.7. The van der Waals surface area contributed by atoms with E-state index in [1.807, 2.05) is 5.32 Å². The van der Waals surface area contributed by atoms with Crippen molar-refractivity contribution < 1.29 is 45.4 Å². The maximum atomic E-state index is 14.2. The van der Waals surface area contributed by atoms with Crippen LogP contribution in [0.25, 0.3) is 0 Å². The molecule has 0 heterocycles. The summed E-state index contributed by atoms with van der Waals surface area (Å²) in [7, 11) is 3.57. The van der Waals surface area contributed by atoms with E-state index in [9.17, 15) is 40.6 Å². The normalized spacial score (nSPS) is 15.8. The summed E-state index contributed by atoms with van der Waals surface area (Å²) in [5.74, 6) is -3.87. The molecule has 0 saturated carbocycles. The van der Waals surface area contributed by atoms with Gasteiger partial charge in [-0.1, -0.05) is 51.7 Å². The van der Waals surface area contributed by atoms with Gasteiger partial charge in [0.15, 0.2) is 5.60 Å². The van der Waals surface area contributed by atoms with E-state index in [-0.39, 0.29) is 22.9 Å². The van der Waals surface area contributed by atoms with Crippen LogP contribution in [0.1, 0.15) is 23.6 Å². The lowest BCUT2D eigenvalue weighted by Gasteiger charge is -2.37. The Kier molecular flexibility index (Phi) is 9.94. The third-order valence-corrected chi connectivity index (χ3v) is 6.90. The third kappa shape index (κ3) is 8.09. The van der Waals surface area contributed by atoms with Gasteiger partial charge in [-0.15, -0.1) is 9.24 Å². The molecule has 0 fully saturated rings. The predicted molar refractivity (Wildman–Crippen MR) is 147 cm³/mol. The highest BCUT2D eigenvalue weighted by molar-refractivity contribution is 7.27. The number of nitrogens with one attached hydrogen (secondary N) is 2. The van der Waals surface area contributed by atoms with Gasteiger partial charge in [0, 0.05) is 6.42 Å². The number of carbonyl (C=O) groups excluding carboxylic acids is 1. The van der Waals surface area contributed by atoms with Gasteiger partial charge in [0.2, 0.25) is 5.91 Å². The molecule has 3 aromatic carbocycles. The number of amides is 2. The highest BCUT2D eigenvalue weighted by atomic mass is 31.0. The fourth-order valence-electron chi connectivity index (χ4n) is 3.93. The maximum Gasteiger partial charge on any atom is 0.433 e. The Bertz CT molecular complexity index is 1340. The topological polar surface area (TPSA) is 70.6 Å². The number of aliphatic hydroxyl groups is 1. The van der Waals surface area contributed by atoms with E-state index >= 15 is 0 Å². The van der Waals surface area contributed by atoms with Crippen LogP contribution in [0.3, 0.4) is 0 Å². The molecule has 0 aliphatic carbocycles. The summed E-state index contributed by atoms with van der Waals surface area (Å²) in [6.07, 6.45) is -9.40. The molecular weight excluding hydrogens is 595 g/mol. The number of benzene rings is 3. The zero-order valence-electron chi connectivity index (χ0n) is 21.5. The fraction of sp³-hybridized carbons (Fsp3) is 0.296. The van der Waals surface area contributed by atoms with Gasteiger partial charge in [0.25, 0.3) is 0 Å². The van der Waals surface area contributed by atoms with Crippen LogP contribution >= 0.6 is 18.5 Å². The van der Waals surface area contributed by atoms with Crippen molar-refractivity contribution in [1.29, 1.82) is 0 Å². The summed E-state index contributed by atoms with van der Waals surface area (Å²) in [5.41, 5.74) is -4.07. The highest BCUT2D eigenvalue weighted by Crippen LogP contribution is 2.37. The first-order valence-electron chi connectivity index (χ1n) is 12.0. The number of hydrogen-bond acceptors (Lipinski definition) is 3. The SMILES string of the molecule is CC(O)(CNC(=O)N[C@](Cc1ccccc1)(c1ccc(F)cc1)c1cc(P)cc(OC(F)(F)C(F)P)c1)C(F)(F)F. The Balaban J connectivity index is 2.19. The third-order valence-electron chi connectivity index (χ3n) is 6.18. The molecule has 5 nitrogen and oxygen atoms in total. The van der Waals surface area contributed by atoms with Crippen LogP contribution in [-0.2, 0) is 12.0 Å². The Morgan fingerprint density at radius 1 is 0.976 bits per heavy atom. The molecule has 0 saturated heterocycles. The van der Waals surface area contributed by atoms with E-state index in [0.29, 0.717) is 12.5 Å². The number of rotatable bonds is 10. The van der Waals surface area contributed by atoms with Crippen LogP contribution in [-0.4, -0.2) is 41.5 Å². The molecule has 3 rings (SSSR count). The van der Waals surface area contributed by atoms with E-state index < -0.39 is 53.5 Å². The maximum absolute atomic E-state index is 14.2. The van der Waals surface area contributed by atoms with E-state index in [4.69, 9.17) is 0 Å². The lowest BCUT2D eigenvalue weighted by Crippen LogP contribution is -2.57. The zero-order valence-corrected chi connectivity index (χ0v) is 23.8. The molecule has 2 amide bonds. The van der Waals surface area contributed by atoms with Gasteiger partial charge >= 0.3 is 18.3 Å². The van der Waals surface area contributed by atoms with Crippen LogP contribution in [0.15, 0.2) is 72.8 Å². The average Bonchev–Trinajstić information content (AvgIpc) is 2.87. The van der Waals surface area contributed by atoms with E-state index in [1.165, 1.54) is 33.5 Å². The van der Waals surface area contributed by atoms with Crippen molar-refractivity contribution >= 4 is 29.8 Å². The average molecular weight is 622 g/mol. The lowest BCUT2D eigenvalue weighted by molar-refractivity contribution is -0.249. The summed E-state index contributed by atoms with van der Waals surface area (Å²) in [6, 6.07) is 15.9. The van der Waals surface area contributed by atoms with Crippen molar-refractivity contribution in [3.8, 4) is 5.75 Å². The summed E-state index contributed by atoms with van der Waals surface area (Å²) in [6.45, 7) is -0.736. The fourth-order valence-corrected chi connectivity index (χ4v) is 4.34. The molecule has 0 aliphatic heterocycles. The zero-order chi connectivity index (χ0) is 30.6. The molecule has 0 aromatic heterocycles. The first-order chi connectivity index (χ1) is 18.9. The molecule has 3 aromatic rings. The number of carbonyl (C=O) groups is 1. The molecule has 222 valence electrons. The predicted octanol–water partition coefficient (Wildman–Crippen LogP) is 5.57. The molecule has 0 radical (unpaired) electrons. The van der Waals surface area contributed by atoms with E-state index in [2.05, 4.69) is 19.3 Å². The molecule has 0 aliphatic rings. The van der Waals surface area contributed by atoms with Gasteiger partial charge in [-0.2, -0.15) is 22.0 Å². The van der Waals surface area contributed by atoms with Crippen molar-refractivity contribution in [2.45, 2.75) is 42.7 Å². The largest absolute Gasteiger partial charge is 0.433 e. The van der Waals surface area contributed by atoms with Crippen molar-refractivity contribution in [2.75, 3.05) is 6.54 Å². The summed E-state index contributed by atoms with van der Waals surface area (Å²) >= 11 is 0. The molecule has 5 atom stereocenters. The number of halogens is 7. The second-order valence-electron chi connectivity index (χ2n) is 9.51. The first-order valence-corrected chi connectivity index (χ1v) is 13.2. The van der Waals surface area contributed by atoms with E-state index in [1.54, 1.807) is 30.3 Å². The van der Waals surface area contributed by atoms with Crippen LogP contribution < -0.4 is 20.7 Å². The molecule has 0 spiro atoms. The van der Waals surface area contributed by atoms with Gasteiger partial charge in [-0.3, -0.25) is 0 Å². The Morgan fingerprint density at radius 3 is 2.15 bits per heavy atom. The van der Waals surface area contributed by atoms with Crippen LogP contribution in [0, 0.1) is 5.82 Å². The van der Waals surface area contributed by atoms with Crippen LogP contribution in [0.5, 0.6) is 5.75 Å². The van der Waals surface area contributed by atoms with Gasteiger partial charge in [0.1, 0.15) is 11.6 Å². The lowest BCUT2D eigenvalue weighted by atomic mass is 9.78. The minimum atomic E-state index is -5.06. The second-order valence-corrected chi connectivity index (χ2v) is 10.8. The van der Waals surface area contributed by atoms with Crippen LogP contribution in [0.2, 0.25) is 0 Å².